The van der Waals surface area contributed by atoms with E-state index in [4.69, 9.17) is 0 Å². The van der Waals surface area contributed by atoms with E-state index in [9.17, 15) is 29.7 Å². The van der Waals surface area contributed by atoms with Crippen molar-refractivity contribution in [1.82, 2.24) is 0 Å². The van der Waals surface area contributed by atoms with Gasteiger partial charge in [-0.05, 0) is 16.7 Å². The minimum Gasteiger partial charge on any atom is -0.545 e. The smallest absolute Gasteiger partial charge is 0.0715 e. The monoisotopic (exact) mass is 532 g/mol. The van der Waals surface area contributed by atoms with E-state index in [1.807, 2.05) is 0 Å². The molecule has 4 rings (SSSR count). The molecule has 0 spiro atoms. The summed E-state index contributed by atoms with van der Waals surface area (Å²) in [7, 11) is 0. The van der Waals surface area contributed by atoms with Crippen molar-refractivity contribution < 1.29 is 50.1 Å². The van der Waals surface area contributed by atoms with Gasteiger partial charge >= 0.3 is 74.6 Å². The van der Waals surface area contributed by atoms with Crippen LogP contribution < -0.4 is 15.3 Å². The average Bonchev–Trinajstić information content (AvgIpc) is 3.08. The van der Waals surface area contributed by atoms with Crippen molar-refractivity contribution in [3.63, 3.8) is 0 Å². The predicted molar refractivity (Wildman–Crippen MR) is 133 cm³/mol. The van der Waals surface area contributed by atoms with Crippen LogP contribution in [0.5, 0.6) is 0 Å². The minimum atomic E-state index is -1.13. The van der Waals surface area contributed by atoms with Crippen LogP contribution in [0.3, 0.4) is 0 Å². The van der Waals surface area contributed by atoms with Gasteiger partial charge in [0.05, 0.1) is 17.9 Å². The molecule has 0 saturated carbocycles. The Balaban J connectivity index is 0.000000247. The topological polar surface area (TPSA) is 120 Å². The van der Waals surface area contributed by atoms with Crippen LogP contribution in [-0.2, 0) is 20.4 Å². The molecule has 0 N–H and O–H groups in total. The molecule has 188 valence electrons. The summed E-state index contributed by atoms with van der Waals surface area (Å²) in [5.41, 5.74) is 5.22. The van der Waals surface area contributed by atoms with Crippen LogP contribution in [-0.4, -0.2) is 17.9 Å². The van der Waals surface area contributed by atoms with Crippen molar-refractivity contribution >= 4 is 17.9 Å². The number of hydrogen-bond acceptors (Lipinski definition) is 6. The van der Waals surface area contributed by atoms with Crippen molar-refractivity contribution in [2.45, 2.75) is 27.7 Å². The summed E-state index contributed by atoms with van der Waals surface area (Å²) < 4.78 is 1.55. The number of benzene rings is 3. The molecular formula is C30H28O6Ti. The van der Waals surface area contributed by atoms with E-state index in [0.29, 0.717) is 5.92 Å². The van der Waals surface area contributed by atoms with Crippen LogP contribution in [0.1, 0.15) is 58.8 Å². The third-order valence-corrected chi connectivity index (χ3v) is 6.93. The van der Waals surface area contributed by atoms with E-state index < -0.39 is 17.9 Å². The molecule has 6 nitrogen and oxygen atoms in total. The fraction of sp³-hybridized carbons (Fsp3) is 0.167. The van der Waals surface area contributed by atoms with E-state index in [2.05, 4.69) is 48.1 Å². The zero-order valence-corrected chi connectivity index (χ0v) is 22.7. The maximum Gasteiger partial charge on any atom is 0.0715 e. The summed E-state index contributed by atoms with van der Waals surface area (Å²) in [6, 6.07) is 24.2. The van der Waals surface area contributed by atoms with Crippen LogP contribution in [0.4, 0.5) is 0 Å². The van der Waals surface area contributed by atoms with Gasteiger partial charge in [0, 0.05) is 0 Å². The van der Waals surface area contributed by atoms with Gasteiger partial charge in [-0.2, -0.15) is 0 Å². The molecule has 0 fully saturated rings. The summed E-state index contributed by atoms with van der Waals surface area (Å²) in [6.45, 7) is 8.96. The Labute approximate surface area is 229 Å². The van der Waals surface area contributed by atoms with Crippen molar-refractivity contribution in [2.75, 3.05) is 0 Å². The Morgan fingerprint density at radius 2 is 0.838 bits per heavy atom. The molecule has 0 heterocycles. The number of allylic oxidation sites excluding steroid dienone is 4. The number of carboxylic acid groups (broad SMARTS) is 3. The molecule has 0 bridgehead atoms. The molecule has 0 saturated heterocycles. The first-order chi connectivity index (χ1) is 17.5. The number of aromatic carboxylic acids is 3. The van der Waals surface area contributed by atoms with Gasteiger partial charge in [0.15, 0.2) is 0 Å². The maximum atomic E-state index is 10.1. The third-order valence-electron chi connectivity index (χ3n) is 5.67. The Kier molecular flexibility index (Phi) is 13.6. The normalized spacial score (nSPS) is 13.7. The molecule has 1 atom stereocenters. The van der Waals surface area contributed by atoms with E-state index in [1.165, 1.54) is 47.5 Å². The minimum absolute atomic E-state index is 0.220. The van der Waals surface area contributed by atoms with Crippen molar-refractivity contribution in [1.29, 1.82) is 0 Å². The van der Waals surface area contributed by atoms with Crippen LogP contribution in [0.15, 0.2) is 112 Å². The molecule has 0 amide bonds. The fourth-order valence-electron chi connectivity index (χ4n) is 3.09. The molecule has 3 aromatic rings. The number of carboxylic acids is 3. The molecule has 0 aromatic heterocycles. The van der Waals surface area contributed by atoms with E-state index in [1.54, 1.807) is 64.0 Å². The fourth-order valence-corrected chi connectivity index (χ4v) is 3.72. The van der Waals surface area contributed by atoms with E-state index in [0.717, 1.165) is 0 Å². The summed E-state index contributed by atoms with van der Waals surface area (Å²) in [5, 5.41) is 30.3. The molecule has 37 heavy (non-hydrogen) atoms. The molecule has 1 aliphatic carbocycles. The SMILES string of the molecule is CC1=C(C)C(C)[C]([Ti+3])=C1C.O=C([O-])c1ccccc1.O=C([O-])c1ccccc1.O=C([O-])c1ccccc1. The molecule has 3 aromatic carbocycles. The number of carbonyl (C=O) groups excluding carboxylic acids is 3. The van der Waals surface area contributed by atoms with Gasteiger partial charge in [-0.1, -0.05) is 91.0 Å². The van der Waals surface area contributed by atoms with Crippen LogP contribution in [0.25, 0.3) is 0 Å². The van der Waals surface area contributed by atoms with Gasteiger partial charge in [-0.15, -0.1) is 0 Å². The largest absolute Gasteiger partial charge is 0.545 e. The Bertz CT molecular complexity index is 1090. The summed E-state index contributed by atoms with van der Waals surface area (Å²) in [5.74, 6) is -2.69. The molecule has 1 aliphatic rings. The standard InChI is InChI=1S/C9H13.3C7H6O2.Ti/c1-6-5-7(2)9(4)8(6)3;3*8-7(9)6-4-2-1-3-5-6;/h6H,1-4H3;3*1-5H,(H,8,9);/q;;;;+3/p-3. The Hall–Kier alpha value is -3.74. The first-order valence-corrected chi connectivity index (χ1v) is 12.1. The molecule has 0 radical (unpaired) electrons. The summed E-state index contributed by atoms with van der Waals surface area (Å²) in [4.78, 5) is 30.3. The van der Waals surface area contributed by atoms with Crippen LogP contribution in [0, 0.1) is 5.92 Å². The number of carbonyl (C=O) groups is 3. The van der Waals surface area contributed by atoms with Crippen LogP contribution in [0.2, 0.25) is 0 Å². The van der Waals surface area contributed by atoms with Gasteiger partial charge in [0.1, 0.15) is 0 Å². The van der Waals surface area contributed by atoms with Crippen molar-refractivity contribution in [3.8, 4) is 0 Å². The quantitative estimate of drug-likeness (QED) is 0.479. The van der Waals surface area contributed by atoms with Gasteiger partial charge < -0.3 is 29.7 Å². The van der Waals surface area contributed by atoms with Gasteiger partial charge in [-0.3, -0.25) is 0 Å². The Morgan fingerprint density at radius 1 is 0.568 bits per heavy atom. The third kappa shape index (κ3) is 10.8. The molecule has 7 heteroatoms. The Morgan fingerprint density at radius 3 is 0.946 bits per heavy atom. The number of hydrogen-bond donors (Lipinski definition) is 0. The van der Waals surface area contributed by atoms with Crippen molar-refractivity contribution in [2.24, 2.45) is 5.92 Å². The predicted octanol–water partition coefficient (Wildman–Crippen LogP) is 2.94. The summed E-state index contributed by atoms with van der Waals surface area (Å²) >= 11 is 2.24. The zero-order chi connectivity index (χ0) is 28.0. The van der Waals surface area contributed by atoms with Gasteiger partial charge in [-0.25, -0.2) is 0 Å². The molecular weight excluding hydrogens is 504 g/mol. The second-order valence-corrected chi connectivity index (χ2v) is 8.87. The maximum absolute atomic E-state index is 10.1. The summed E-state index contributed by atoms with van der Waals surface area (Å²) in [6.07, 6.45) is 0. The van der Waals surface area contributed by atoms with Gasteiger partial charge in [0.2, 0.25) is 0 Å². The van der Waals surface area contributed by atoms with E-state index in [-0.39, 0.29) is 16.7 Å². The average molecular weight is 532 g/mol. The second kappa shape index (κ2) is 16.1. The second-order valence-electron chi connectivity index (χ2n) is 8.03. The zero-order valence-electron chi connectivity index (χ0n) is 21.2. The van der Waals surface area contributed by atoms with Crippen LogP contribution >= 0.6 is 0 Å². The number of rotatable bonds is 3. The molecule has 0 aliphatic heterocycles. The van der Waals surface area contributed by atoms with E-state index >= 15 is 0 Å². The van der Waals surface area contributed by atoms with Gasteiger partial charge in [0.25, 0.3) is 0 Å². The molecule has 1 unspecified atom stereocenters. The first kappa shape index (κ1) is 31.3. The van der Waals surface area contributed by atoms with Crippen molar-refractivity contribution in [3.05, 3.63) is 128 Å². The first-order valence-electron chi connectivity index (χ1n) is 11.4.